The second-order valence-corrected chi connectivity index (χ2v) is 7.26. The largest absolute Gasteiger partial charge is 0.469 e. The number of hydrogen-bond acceptors (Lipinski definition) is 5. The Bertz CT molecular complexity index is 450. The zero-order valence-electron chi connectivity index (χ0n) is 10.4. The fraction of sp³-hybridized carbons (Fsp3) is 0.667. The average Bonchev–Trinajstić information content (AvgIpc) is 2.76. The molecule has 1 heterocycles. The van der Waals surface area contributed by atoms with E-state index in [9.17, 15) is 9.90 Å². The summed E-state index contributed by atoms with van der Waals surface area (Å²) in [4.78, 5) is 15.8. The van der Waals surface area contributed by atoms with Crippen LogP contribution in [0.1, 0.15) is 31.2 Å². The van der Waals surface area contributed by atoms with Crippen molar-refractivity contribution >= 4 is 33.2 Å². The van der Waals surface area contributed by atoms with Crippen LogP contribution in [0.5, 0.6) is 0 Å². The van der Waals surface area contributed by atoms with Gasteiger partial charge in [0.05, 0.1) is 23.0 Å². The predicted molar refractivity (Wildman–Crippen MR) is 72.2 cm³/mol. The van der Waals surface area contributed by atoms with Crippen molar-refractivity contribution in [2.75, 3.05) is 7.11 Å². The molecule has 2 rings (SSSR count). The Morgan fingerprint density at radius 2 is 2.44 bits per heavy atom. The van der Waals surface area contributed by atoms with Gasteiger partial charge < -0.3 is 9.84 Å². The van der Waals surface area contributed by atoms with Crippen molar-refractivity contribution in [2.45, 2.75) is 31.8 Å². The highest BCUT2D eigenvalue weighted by Gasteiger charge is 2.43. The van der Waals surface area contributed by atoms with Crippen LogP contribution in [0.15, 0.2) is 9.98 Å². The van der Waals surface area contributed by atoms with Crippen LogP contribution in [0.25, 0.3) is 0 Å². The van der Waals surface area contributed by atoms with E-state index in [-0.39, 0.29) is 17.8 Å². The molecule has 1 aromatic rings. The fourth-order valence-corrected chi connectivity index (χ4v) is 3.95. The second-order valence-electron chi connectivity index (χ2n) is 4.85. The molecule has 1 aliphatic rings. The Labute approximate surface area is 119 Å². The first-order valence-corrected chi connectivity index (χ1v) is 7.49. The van der Waals surface area contributed by atoms with Gasteiger partial charge in [-0.15, -0.1) is 11.3 Å². The van der Waals surface area contributed by atoms with E-state index in [0.29, 0.717) is 19.3 Å². The van der Waals surface area contributed by atoms with Crippen LogP contribution in [0.4, 0.5) is 0 Å². The van der Waals surface area contributed by atoms with E-state index < -0.39 is 5.60 Å². The molecule has 3 atom stereocenters. The van der Waals surface area contributed by atoms with Gasteiger partial charge in [-0.2, -0.15) is 0 Å². The minimum absolute atomic E-state index is 0.0962. The van der Waals surface area contributed by atoms with Crippen molar-refractivity contribution in [2.24, 2.45) is 11.8 Å². The number of nitrogens with zero attached hydrogens (tertiary/aromatic N) is 1. The van der Waals surface area contributed by atoms with Crippen LogP contribution in [0.2, 0.25) is 0 Å². The van der Waals surface area contributed by atoms with E-state index in [1.165, 1.54) is 18.4 Å². The Balaban J connectivity index is 2.14. The molecule has 3 unspecified atom stereocenters. The summed E-state index contributed by atoms with van der Waals surface area (Å²) in [6.45, 7) is 1.98. The quantitative estimate of drug-likeness (QED) is 0.845. The SMILES string of the molecule is COC(=O)C1CCC(O)(c2ncc(Br)s2)CC1C. The van der Waals surface area contributed by atoms with Crippen molar-refractivity contribution in [1.82, 2.24) is 4.98 Å². The fourth-order valence-electron chi connectivity index (χ4n) is 2.62. The average molecular weight is 334 g/mol. The van der Waals surface area contributed by atoms with Crippen molar-refractivity contribution in [3.63, 3.8) is 0 Å². The van der Waals surface area contributed by atoms with Gasteiger partial charge in [0.1, 0.15) is 10.6 Å². The summed E-state index contributed by atoms with van der Waals surface area (Å²) in [6.07, 6.45) is 3.44. The molecular formula is C12H16BrNO3S. The first-order chi connectivity index (χ1) is 8.46. The predicted octanol–water partition coefficient (Wildman–Crippen LogP) is 2.70. The van der Waals surface area contributed by atoms with Crippen LogP contribution < -0.4 is 0 Å². The summed E-state index contributed by atoms with van der Waals surface area (Å²) in [5, 5.41) is 11.4. The van der Waals surface area contributed by atoms with Crippen LogP contribution >= 0.6 is 27.3 Å². The summed E-state index contributed by atoms with van der Waals surface area (Å²) in [7, 11) is 1.41. The van der Waals surface area contributed by atoms with E-state index >= 15 is 0 Å². The number of thiazole rings is 1. The van der Waals surface area contributed by atoms with Gasteiger partial charge in [0.15, 0.2) is 0 Å². The molecule has 1 aromatic heterocycles. The Morgan fingerprint density at radius 3 is 2.94 bits per heavy atom. The molecule has 6 heteroatoms. The summed E-state index contributed by atoms with van der Waals surface area (Å²) in [5.41, 5.74) is -0.902. The molecule has 0 saturated heterocycles. The zero-order valence-corrected chi connectivity index (χ0v) is 12.8. The maximum Gasteiger partial charge on any atom is 0.308 e. The smallest absolute Gasteiger partial charge is 0.308 e. The first-order valence-electron chi connectivity index (χ1n) is 5.88. The van der Waals surface area contributed by atoms with Gasteiger partial charge in [0.2, 0.25) is 0 Å². The highest BCUT2D eigenvalue weighted by Crippen LogP contribution is 2.44. The topological polar surface area (TPSA) is 59.4 Å². The van der Waals surface area contributed by atoms with Crippen molar-refractivity contribution in [1.29, 1.82) is 0 Å². The lowest BCUT2D eigenvalue weighted by molar-refractivity contribution is -0.151. The molecule has 1 N–H and O–H groups in total. The van der Waals surface area contributed by atoms with E-state index in [4.69, 9.17) is 4.74 Å². The lowest BCUT2D eigenvalue weighted by atomic mass is 9.72. The molecule has 0 aromatic carbocycles. The maximum absolute atomic E-state index is 11.6. The second kappa shape index (κ2) is 5.27. The summed E-state index contributed by atoms with van der Waals surface area (Å²) in [6, 6.07) is 0. The Hall–Kier alpha value is -0.460. The van der Waals surface area contributed by atoms with Gasteiger partial charge in [-0.25, -0.2) is 4.98 Å². The first kappa shape index (κ1) is 14.0. The number of hydrogen-bond donors (Lipinski definition) is 1. The molecule has 100 valence electrons. The Kier molecular flexibility index (Phi) is 4.08. The number of halogens is 1. The molecule has 0 aliphatic heterocycles. The van der Waals surface area contributed by atoms with E-state index in [1.54, 1.807) is 6.20 Å². The molecule has 0 spiro atoms. The maximum atomic E-state index is 11.6. The van der Waals surface area contributed by atoms with Gasteiger partial charge in [-0.1, -0.05) is 6.92 Å². The molecule has 1 saturated carbocycles. The lowest BCUT2D eigenvalue weighted by Crippen LogP contribution is -2.39. The Morgan fingerprint density at radius 1 is 1.72 bits per heavy atom. The number of carbonyl (C=O) groups excluding carboxylic acids is 1. The minimum Gasteiger partial charge on any atom is -0.469 e. The number of esters is 1. The molecule has 0 radical (unpaired) electrons. The molecule has 0 amide bonds. The molecule has 1 fully saturated rings. The summed E-state index contributed by atoms with van der Waals surface area (Å²) in [5.74, 6) is -0.192. The monoisotopic (exact) mass is 333 g/mol. The summed E-state index contributed by atoms with van der Waals surface area (Å²) < 4.78 is 5.71. The van der Waals surface area contributed by atoms with Crippen molar-refractivity contribution in [3.05, 3.63) is 15.0 Å². The van der Waals surface area contributed by atoms with Crippen LogP contribution in [-0.4, -0.2) is 23.2 Å². The third-order valence-corrected chi connectivity index (χ3v) is 5.26. The standard InChI is InChI=1S/C12H16BrNO3S/c1-7-5-12(16,11-14-6-9(13)18-11)4-3-8(7)10(15)17-2/h6-8,16H,3-5H2,1-2H3. The molecule has 1 aliphatic carbocycles. The number of aromatic nitrogens is 1. The number of carbonyl (C=O) groups is 1. The minimum atomic E-state index is -0.902. The van der Waals surface area contributed by atoms with E-state index in [0.717, 1.165) is 8.79 Å². The highest BCUT2D eigenvalue weighted by molar-refractivity contribution is 9.11. The number of rotatable bonds is 2. The number of methoxy groups -OCH3 is 1. The third kappa shape index (κ3) is 2.60. The van der Waals surface area contributed by atoms with Gasteiger partial charge >= 0.3 is 5.97 Å². The van der Waals surface area contributed by atoms with Crippen LogP contribution in [0, 0.1) is 11.8 Å². The number of aliphatic hydroxyl groups is 1. The lowest BCUT2D eigenvalue weighted by Gasteiger charge is -2.37. The van der Waals surface area contributed by atoms with E-state index in [2.05, 4.69) is 20.9 Å². The summed E-state index contributed by atoms with van der Waals surface area (Å²) >= 11 is 4.81. The van der Waals surface area contributed by atoms with E-state index in [1.807, 2.05) is 6.92 Å². The van der Waals surface area contributed by atoms with Gasteiger partial charge in [-0.05, 0) is 41.1 Å². The molecular weight excluding hydrogens is 318 g/mol. The third-order valence-electron chi connectivity index (χ3n) is 3.59. The highest BCUT2D eigenvalue weighted by atomic mass is 79.9. The van der Waals surface area contributed by atoms with Crippen LogP contribution in [0.3, 0.4) is 0 Å². The molecule has 18 heavy (non-hydrogen) atoms. The number of ether oxygens (including phenoxy) is 1. The van der Waals surface area contributed by atoms with Crippen molar-refractivity contribution in [3.8, 4) is 0 Å². The van der Waals surface area contributed by atoms with Gasteiger partial charge in [0.25, 0.3) is 0 Å². The van der Waals surface area contributed by atoms with Crippen LogP contribution in [-0.2, 0) is 15.1 Å². The normalized spacial score (nSPS) is 32.2. The zero-order chi connectivity index (χ0) is 13.3. The van der Waals surface area contributed by atoms with Gasteiger partial charge in [0, 0.05) is 0 Å². The van der Waals surface area contributed by atoms with Crippen molar-refractivity contribution < 1.29 is 14.6 Å². The molecule has 0 bridgehead atoms. The van der Waals surface area contributed by atoms with Gasteiger partial charge in [-0.3, -0.25) is 4.79 Å². The molecule has 4 nitrogen and oxygen atoms in total.